The fraction of sp³-hybridized carbons (Fsp3) is 0.562. The van der Waals surface area contributed by atoms with Crippen molar-refractivity contribution in [1.29, 1.82) is 0 Å². The van der Waals surface area contributed by atoms with Crippen LogP contribution in [0.1, 0.15) is 45.2 Å². The van der Waals surface area contributed by atoms with E-state index in [1.165, 1.54) is 0 Å². The van der Waals surface area contributed by atoms with Gasteiger partial charge >= 0.3 is 0 Å². The number of nitrogens with one attached hydrogen (secondary N) is 1. The van der Waals surface area contributed by atoms with Crippen molar-refractivity contribution in [1.82, 2.24) is 5.32 Å². The summed E-state index contributed by atoms with van der Waals surface area (Å²) >= 11 is 0. The molecule has 0 spiro atoms. The van der Waals surface area contributed by atoms with Crippen LogP contribution in [0, 0.1) is 0 Å². The summed E-state index contributed by atoms with van der Waals surface area (Å²) in [6.45, 7) is 6.38. The van der Waals surface area contributed by atoms with Gasteiger partial charge in [-0.25, -0.2) is 0 Å². The molecule has 0 fully saturated rings. The number of carbonyl (C=O) groups is 1. The van der Waals surface area contributed by atoms with Crippen LogP contribution in [0.4, 0.5) is 0 Å². The van der Waals surface area contributed by atoms with Gasteiger partial charge in [0, 0.05) is 12.6 Å². The number of benzene rings is 1. The topological polar surface area (TPSA) is 73.6 Å². The second-order valence-electron chi connectivity index (χ2n) is 5.10. The quantitative estimate of drug-likeness (QED) is 0.722. The Morgan fingerprint density at radius 2 is 2.05 bits per heavy atom. The first-order chi connectivity index (χ1) is 9.99. The van der Waals surface area contributed by atoms with Crippen molar-refractivity contribution in [3.63, 3.8) is 0 Å². The third kappa shape index (κ3) is 5.27. The molecule has 3 N–H and O–H groups in total. The molecule has 0 aliphatic rings. The molecule has 0 aromatic heterocycles. The maximum Gasteiger partial charge on any atom is 0.260 e. The molecule has 118 valence electrons. The van der Waals surface area contributed by atoms with Gasteiger partial charge in [0.15, 0.2) is 17.6 Å². The Bertz CT molecular complexity index is 461. The van der Waals surface area contributed by atoms with Crippen LogP contribution < -0.4 is 20.5 Å². The van der Waals surface area contributed by atoms with Gasteiger partial charge in [-0.1, -0.05) is 19.4 Å². The van der Waals surface area contributed by atoms with Gasteiger partial charge in [0.1, 0.15) is 0 Å². The molecule has 0 bridgehead atoms. The Kier molecular flexibility index (Phi) is 7.02. The molecule has 1 aromatic rings. The predicted molar refractivity (Wildman–Crippen MR) is 83.6 cm³/mol. The largest absolute Gasteiger partial charge is 0.493 e. The summed E-state index contributed by atoms with van der Waals surface area (Å²) in [4.78, 5) is 11.9. The maximum atomic E-state index is 11.9. The highest BCUT2D eigenvalue weighted by atomic mass is 16.5. The SMILES string of the molecule is CCCCNC(=O)C(C)Oc1ccc(C(C)N)cc1OC. The number of amides is 1. The first kappa shape index (κ1) is 17.3. The van der Waals surface area contributed by atoms with Gasteiger partial charge in [-0.15, -0.1) is 0 Å². The minimum absolute atomic E-state index is 0.0808. The molecule has 1 rings (SSSR count). The van der Waals surface area contributed by atoms with Crippen LogP contribution >= 0.6 is 0 Å². The van der Waals surface area contributed by atoms with Gasteiger partial charge in [-0.05, 0) is 38.0 Å². The number of carbonyl (C=O) groups excluding carboxylic acids is 1. The smallest absolute Gasteiger partial charge is 0.260 e. The Balaban J connectivity index is 2.71. The van der Waals surface area contributed by atoms with E-state index in [-0.39, 0.29) is 11.9 Å². The molecule has 0 saturated carbocycles. The molecule has 2 atom stereocenters. The van der Waals surface area contributed by atoms with E-state index in [2.05, 4.69) is 12.2 Å². The maximum absolute atomic E-state index is 11.9. The van der Waals surface area contributed by atoms with E-state index in [4.69, 9.17) is 15.2 Å². The van der Waals surface area contributed by atoms with Gasteiger partial charge in [-0.2, -0.15) is 0 Å². The Morgan fingerprint density at radius 1 is 1.33 bits per heavy atom. The van der Waals surface area contributed by atoms with E-state index in [1.54, 1.807) is 20.1 Å². The van der Waals surface area contributed by atoms with E-state index in [0.29, 0.717) is 18.0 Å². The van der Waals surface area contributed by atoms with Crippen LogP contribution in [-0.2, 0) is 4.79 Å². The summed E-state index contributed by atoms with van der Waals surface area (Å²) in [6.07, 6.45) is 1.43. The van der Waals surface area contributed by atoms with Crippen LogP contribution in [0.5, 0.6) is 11.5 Å². The monoisotopic (exact) mass is 294 g/mol. The van der Waals surface area contributed by atoms with Gasteiger partial charge < -0.3 is 20.5 Å². The fourth-order valence-corrected chi connectivity index (χ4v) is 1.84. The number of hydrogen-bond donors (Lipinski definition) is 2. The number of rotatable bonds is 8. The summed E-state index contributed by atoms with van der Waals surface area (Å²) in [5.74, 6) is 1.000. The number of hydrogen-bond acceptors (Lipinski definition) is 4. The van der Waals surface area contributed by atoms with E-state index in [9.17, 15) is 4.79 Å². The molecule has 0 saturated heterocycles. The third-order valence-electron chi connectivity index (χ3n) is 3.22. The molecular formula is C16H26N2O3. The Hall–Kier alpha value is -1.75. The molecule has 0 aliphatic carbocycles. The van der Waals surface area contributed by atoms with Gasteiger partial charge in [0.25, 0.3) is 5.91 Å². The third-order valence-corrected chi connectivity index (χ3v) is 3.22. The van der Waals surface area contributed by atoms with E-state index in [1.807, 2.05) is 19.1 Å². The zero-order chi connectivity index (χ0) is 15.8. The van der Waals surface area contributed by atoms with Gasteiger partial charge in [-0.3, -0.25) is 4.79 Å². The lowest BCUT2D eigenvalue weighted by molar-refractivity contribution is -0.127. The molecule has 0 radical (unpaired) electrons. The van der Waals surface area contributed by atoms with E-state index >= 15 is 0 Å². The van der Waals surface area contributed by atoms with Crippen molar-refractivity contribution in [3.8, 4) is 11.5 Å². The molecule has 21 heavy (non-hydrogen) atoms. The molecule has 1 amide bonds. The lowest BCUT2D eigenvalue weighted by Gasteiger charge is -2.18. The molecule has 1 aromatic carbocycles. The lowest BCUT2D eigenvalue weighted by Crippen LogP contribution is -2.36. The number of nitrogens with two attached hydrogens (primary N) is 1. The fourth-order valence-electron chi connectivity index (χ4n) is 1.84. The second kappa shape index (κ2) is 8.52. The molecule has 5 nitrogen and oxygen atoms in total. The Morgan fingerprint density at radius 3 is 2.62 bits per heavy atom. The number of methoxy groups -OCH3 is 1. The highest BCUT2D eigenvalue weighted by Gasteiger charge is 2.17. The molecular weight excluding hydrogens is 268 g/mol. The molecule has 0 aliphatic heterocycles. The minimum Gasteiger partial charge on any atom is -0.493 e. The van der Waals surface area contributed by atoms with Crippen molar-refractivity contribution in [2.75, 3.05) is 13.7 Å². The van der Waals surface area contributed by atoms with E-state index < -0.39 is 6.10 Å². The summed E-state index contributed by atoms with van der Waals surface area (Å²) in [7, 11) is 1.57. The average Bonchev–Trinajstić information content (AvgIpc) is 2.47. The number of unbranched alkanes of at least 4 members (excludes halogenated alkanes) is 1. The predicted octanol–water partition coefficient (Wildman–Crippen LogP) is 2.40. The van der Waals surface area contributed by atoms with Crippen molar-refractivity contribution >= 4 is 5.91 Å². The van der Waals surface area contributed by atoms with E-state index in [0.717, 1.165) is 18.4 Å². The van der Waals surface area contributed by atoms with Crippen molar-refractivity contribution in [2.45, 2.75) is 45.8 Å². The van der Waals surface area contributed by atoms with Gasteiger partial charge in [0.2, 0.25) is 0 Å². The van der Waals surface area contributed by atoms with Crippen LogP contribution in [0.25, 0.3) is 0 Å². The summed E-state index contributed by atoms with van der Waals surface area (Å²) in [5.41, 5.74) is 6.80. The minimum atomic E-state index is -0.572. The normalized spacial score (nSPS) is 13.4. The summed E-state index contributed by atoms with van der Waals surface area (Å²) in [5, 5.41) is 2.85. The average molecular weight is 294 g/mol. The molecule has 0 heterocycles. The standard InChI is InChI=1S/C16H26N2O3/c1-5-6-9-18-16(19)12(3)21-14-8-7-13(11(2)17)10-15(14)20-4/h7-8,10-12H,5-6,9,17H2,1-4H3,(H,18,19). The zero-order valence-electron chi connectivity index (χ0n) is 13.3. The van der Waals surface area contributed by atoms with Crippen molar-refractivity contribution < 1.29 is 14.3 Å². The van der Waals surface area contributed by atoms with Crippen LogP contribution in [0.15, 0.2) is 18.2 Å². The van der Waals surface area contributed by atoms with Crippen molar-refractivity contribution in [3.05, 3.63) is 23.8 Å². The highest BCUT2D eigenvalue weighted by Crippen LogP contribution is 2.30. The van der Waals surface area contributed by atoms with Crippen LogP contribution in [0.2, 0.25) is 0 Å². The first-order valence-corrected chi connectivity index (χ1v) is 7.37. The molecule has 2 unspecified atom stereocenters. The Labute approximate surface area is 126 Å². The summed E-state index contributed by atoms with van der Waals surface area (Å²) < 4.78 is 11.0. The lowest BCUT2D eigenvalue weighted by atomic mass is 10.1. The highest BCUT2D eigenvalue weighted by molar-refractivity contribution is 5.80. The molecule has 5 heteroatoms. The zero-order valence-corrected chi connectivity index (χ0v) is 13.3. The van der Waals surface area contributed by atoms with Crippen molar-refractivity contribution in [2.24, 2.45) is 5.73 Å². The van der Waals surface area contributed by atoms with Gasteiger partial charge in [0.05, 0.1) is 7.11 Å². The number of ether oxygens (including phenoxy) is 2. The van der Waals surface area contributed by atoms with Crippen LogP contribution in [-0.4, -0.2) is 25.7 Å². The van der Waals surface area contributed by atoms with Crippen LogP contribution in [0.3, 0.4) is 0 Å². The second-order valence-corrected chi connectivity index (χ2v) is 5.10. The summed E-state index contributed by atoms with van der Waals surface area (Å²) in [6, 6.07) is 5.42. The first-order valence-electron chi connectivity index (χ1n) is 7.37.